The monoisotopic (exact) mass is 366 g/mol. The van der Waals surface area contributed by atoms with E-state index in [1.165, 1.54) is 6.39 Å². The van der Waals surface area contributed by atoms with Crippen LogP contribution >= 0.6 is 15.9 Å². The van der Waals surface area contributed by atoms with Gasteiger partial charge in [-0.1, -0.05) is 29.8 Å². The van der Waals surface area contributed by atoms with E-state index in [2.05, 4.69) is 40.1 Å². The van der Waals surface area contributed by atoms with Crippen LogP contribution in [0.3, 0.4) is 0 Å². The van der Waals surface area contributed by atoms with Gasteiger partial charge >= 0.3 is 0 Å². The highest BCUT2D eigenvalue weighted by Gasteiger charge is 2.17. The molecule has 1 amide bonds. The van der Waals surface area contributed by atoms with Gasteiger partial charge in [0.25, 0.3) is 0 Å². The van der Waals surface area contributed by atoms with Crippen molar-refractivity contribution in [1.82, 2.24) is 4.98 Å². The predicted molar refractivity (Wildman–Crippen MR) is 89.3 cm³/mol. The lowest BCUT2D eigenvalue weighted by molar-refractivity contribution is -0.115. The molecular formula is C16H19BrN2O3. The molecule has 0 saturated heterocycles. The van der Waals surface area contributed by atoms with Gasteiger partial charge in [0.1, 0.15) is 5.75 Å². The van der Waals surface area contributed by atoms with Crippen molar-refractivity contribution in [3.05, 3.63) is 30.8 Å². The molecule has 1 atom stereocenters. The number of hydrogen-bond donors (Lipinski definition) is 1. The van der Waals surface area contributed by atoms with Gasteiger partial charge in [0, 0.05) is 11.8 Å². The second-order valence-electron chi connectivity index (χ2n) is 5.37. The molecule has 0 aliphatic rings. The average molecular weight is 367 g/mol. The van der Waals surface area contributed by atoms with Crippen LogP contribution in [0.2, 0.25) is 0 Å². The Morgan fingerprint density at radius 3 is 2.82 bits per heavy atom. The van der Waals surface area contributed by atoms with Gasteiger partial charge in [-0.05, 0) is 24.5 Å². The van der Waals surface area contributed by atoms with E-state index >= 15 is 0 Å². The summed E-state index contributed by atoms with van der Waals surface area (Å²) in [6.07, 6.45) is 3.76. The highest BCUT2D eigenvalue weighted by atomic mass is 79.9. The molecule has 6 heteroatoms. The first kappa shape index (κ1) is 16.5. The summed E-state index contributed by atoms with van der Waals surface area (Å²) in [6.45, 7) is 4.16. The first-order valence-electron chi connectivity index (χ1n) is 7.03. The van der Waals surface area contributed by atoms with Gasteiger partial charge in [-0.25, -0.2) is 4.98 Å². The van der Waals surface area contributed by atoms with E-state index in [1.807, 2.05) is 12.1 Å². The Bertz CT molecular complexity index is 626. The fraction of sp³-hybridized carbons (Fsp3) is 0.375. The van der Waals surface area contributed by atoms with Crippen molar-refractivity contribution in [2.24, 2.45) is 5.92 Å². The predicted octanol–water partition coefficient (Wildman–Crippen LogP) is 4.10. The van der Waals surface area contributed by atoms with Gasteiger partial charge < -0.3 is 14.5 Å². The van der Waals surface area contributed by atoms with Crippen molar-refractivity contribution in [2.75, 3.05) is 12.4 Å². The van der Waals surface area contributed by atoms with Crippen LogP contribution in [0.5, 0.6) is 5.75 Å². The lowest BCUT2D eigenvalue weighted by Gasteiger charge is -2.14. The van der Waals surface area contributed by atoms with E-state index in [-0.39, 0.29) is 10.7 Å². The highest BCUT2D eigenvalue weighted by molar-refractivity contribution is 9.10. The lowest BCUT2D eigenvalue weighted by atomic mass is 10.1. The zero-order chi connectivity index (χ0) is 16.1. The zero-order valence-corrected chi connectivity index (χ0v) is 14.4. The van der Waals surface area contributed by atoms with Gasteiger partial charge in [-0.2, -0.15) is 0 Å². The Kier molecular flexibility index (Phi) is 5.60. The lowest BCUT2D eigenvalue weighted by Crippen LogP contribution is -2.24. The van der Waals surface area contributed by atoms with Crippen LogP contribution in [-0.4, -0.2) is 22.8 Å². The molecule has 0 aliphatic heterocycles. The third kappa shape index (κ3) is 4.10. The third-order valence-corrected chi connectivity index (χ3v) is 3.92. The van der Waals surface area contributed by atoms with Crippen LogP contribution in [0.25, 0.3) is 11.3 Å². The third-order valence-electron chi connectivity index (χ3n) is 3.13. The molecule has 1 heterocycles. The number of aromatic nitrogens is 1. The van der Waals surface area contributed by atoms with E-state index in [9.17, 15) is 4.79 Å². The average Bonchev–Trinajstić information content (AvgIpc) is 3.00. The van der Waals surface area contributed by atoms with Gasteiger partial charge in [-0.15, -0.1) is 0 Å². The molecule has 0 saturated carbocycles. The normalized spacial score (nSPS) is 12.2. The minimum atomic E-state index is -0.215. The Labute approximate surface area is 138 Å². The van der Waals surface area contributed by atoms with Crippen molar-refractivity contribution in [1.29, 1.82) is 0 Å². The van der Waals surface area contributed by atoms with Crippen LogP contribution in [0.4, 0.5) is 5.69 Å². The van der Waals surface area contributed by atoms with Crippen LogP contribution in [0.15, 0.2) is 35.2 Å². The van der Waals surface area contributed by atoms with Crippen molar-refractivity contribution in [2.45, 2.75) is 25.1 Å². The van der Waals surface area contributed by atoms with Gasteiger partial charge in [0.15, 0.2) is 12.2 Å². The second-order valence-corrected chi connectivity index (χ2v) is 6.47. The molecular weight excluding hydrogens is 348 g/mol. The highest BCUT2D eigenvalue weighted by Crippen LogP contribution is 2.32. The Morgan fingerprint density at radius 1 is 1.45 bits per heavy atom. The topological polar surface area (TPSA) is 64.4 Å². The molecule has 1 unspecified atom stereocenters. The smallest absolute Gasteiger partial charge is 0.238 e. The van der Waals surface area contributed by atoms with Crippen molar-refractivity contribution < 1.29 is 13.9 Å². The summed E-state index contributed by atoms with van der Waals surface area (Å²) >= 11 is 3.42. The second kappa shape index (κ2) is 7.45. The Balaban J connectivity index is 2.15. The summed E-state index contributed by atoms with van der Waals surface area (Å²) in [5.41, 5.74) is 1.47. The van der Waals surface area contributed by atoms with E-state index in [0.717, 1.165) is 12.0 Å². The first-order valence-corrected chi connectivity index (χ1v) is 7.94. The van der Waals surface area contributed by atoms with Gasteiger partial charge in [-0.3, -0.25) is 4.79 Å². The maximum absolute atomic E-state index is 12.1. The quantitative estimate of drug-likeness (QED) is 0.781. The molecule has 1 N–H and O–H groups in total. The van der Waals surface area contributed by atoms with E-state index in [0.29, 0.717) is 23.1 Å². The summed E-state index contributed by atoms with van der Waals surface area (Å²) in [4.78, 5) is 15.8. The molecule has 22 heavy (non-hydrogen) atoms. The zero-order valence-electron chi connectivity index (χ0n) is 12.8. The number of halogens is 1. The number of ether oxygens (including phenoxy) is 1. The van der Waals surface area contributed by atoms with Crippen LogP contribution in [-0.2, 0) is 4.79 Å². The van der Waals surface area contributed by atoms with Crippen molar-refractivity contribution in [3.63, 3.8) is 0 Å². The molecule has 118 valence electrons. The summed E-state index contributed by atoms with van der Waals surface area (Å²) in [6, 6.07) is 5.42. The number of hydrogen-bond acceptors (Lipinski definition) is 4. The number of benzene rings is 1. The number of amides is 1. The summed E-state index contributed by atoms with van der Waals surface area (Å²) in [5.74, 6) is 1.61. The van der Waals surface area contributed by atoms with Crippen LogP contribution in [0, 0.1) is 5.92 Å². The summed E-state index contributed by atoms with van der Waals surface area (Å²) in [7, 11) is 1.58. The number of nitrogens with zero attached hydrogens (tertiary/aromatic N) is 1. The maximum atomic E-state index is 12.1. The van der Waals surface area contributed by atoms with E-state index < -0.39 is 0 Å². The Hall–Kier alpha value is -1.82. The number of methoxy groups -OCH3 is 1. The number of rotatable bonds is 6. The standard InChI is InChI=1S/C16H19BrN2O3/c1-10(2)6-13(17)16(20)19-11-4-5-12(14(7-11)21-3)15-8-18-9-22-15/h4-5,7-10,13H,6H2,1-3H3,(H,19,20). The van der Waals surface area contributed by atoms with E-state index in [1.54, 1.807) is 19.4 Å². The minimum absolute atomic E-state index is 0.0665. The van der Waals surface area contributed by atoms with Gasteiger partial charge in [0.2, 0.25) is 5.91 Å². The van der Waals surface area contributed by atoms with Gasteiger partial charge in [0.05, 0.1) is 23.7 Å². The number of oxazole rings is 1. The number of carbonyl (C=O) groups excluding carboxylic acids is 1. The molecule has 2 aromatic rings. The molecule has 1 aromatic heterocycles. The molecule has 0 bridgehead atoms. The summed E-state index contributed by atoms with van der Waals surface area (Å²) < 4.78 is 10.6. The van der Waals surface area contributed by atoms with E-state index in [4.69, 9.17) is 9.15 Å². The minimum Gasteiger partial charge on any atom is -0.496 e. The largest absolute Gasteiger partial charge is 0.496 e. The number of anilines is 1. The molecule has 0 spiro atoms. The SMILES string of the molecule is COc1cc(NC(=O)C(Br)CC(C)C)ccc1-c1cnco1. The fourth-order valence-electron chi connectivity index (χ4n) is 2.06. The number of alkyl halides is 1. The van der Waals surface area contributed by atoms with Crippen molar-refractivity contribution >= 4 is 27.5 Å². The number of nitrogens with one attached hydrogen (secondary N) is 1. The Morgan fingerprint density at radius 2 is 2.23 bits per heavy atom. The maximum Gasteiger partial charge on any atom is 0.238 e. The van der Waals surface area contributed by atoms with Crippen LogP contribution in [0.1, 0.15) is 20.3 Å². The molecule has 1 aromatic carbocycles. The first-order chi connectivity index (χ1) is 10.5. The molecule has 2 rings (SSSR count). The molecule has 0 aliphatic carbocycles. The molecule has 0 fully saturated rings. The molecule has 5 nitrogen and oxygen atoms in total. The fourth-order valence-corrected chi connectivity index (χ4v) is 2.92. The summed E-state index contributed by atoms with van der Waals surface area (Å²) in [5, 5.41) is 2.88. The molecule has 0 radical (unpaired) electrons. The van der Waals surface area contributed by atoms with Crippen molar-refractivity contribution in [3.8, 4) is 17.1 Å². The van der Waals surface area contributed by atoms with Crippen LogP contribution < -0.4 is 10.1 Å². The number of carbonyl (C=O) groups is 1.